The molecule has 0 atom stereocenters. The Labute approximate surface area is 348 Å². The fraction of sp³-hybridized carbons (Fsp3) is 0.0870. The highest BCUT2D eigenvalue weighted by atomic mass is 32.1. The number of nitrogens with zero attached hydrogens (tertiary/aromatic N) is 2. The van der Waals surface area contributed by atoms with Crippen LogP contribution in [0.3, 0.4) is 0 Å². The van der Waals surface area contributed by atoms with Crippen molar-refractivity contribution >= 4 is 58.3 Å². The average molecular weight is 807 g/mol. The first kappa shape index (κ1) is 42.1. The molecule has 292 valence electrons. The molecule has 6 N–H and O–H groups in total. The Kier molecular flexibility index (Phi) is 15.5. The zero-order valence-corrected chi connectivity index (χ0v) is 33.1. The van der Waals surface area contributed by atoms with E-state index >= 15 is 0 Å². The molecule has 0 aliphatic heterocycles. The molecule has 0 bridgehead atoms. The molecule has 0 aliphatic rings. The summed E-state index contributed by atoms with van der Waals surface area (Å²) < 4.78 is 0. The van der Waals surface area contributed by atoms with Crippen molar-refractivity contribution in [2.24, 2.45) is 11.5 Å². The second-order valence-corrected chi connectivity index (χ2v) is 13.8. The van der Waals surface area contributed by atoms with Gasteiger partial charge in [-0.3, -0.25) is 29.8 Å². The topological polar surface area (TPSA) is 151 Å². The number of primary amides is 2. The van der Waals surface area contributed by atoms with Gasteiger partial charge in [-0.05, 0) is 83.1 Å². The minimum absolute atomic E-state index is 0.272. The maximum absolute atomic E-state index is 12.7. The Balaban J connectivity index is 0.000000221. The van der Waals surface area contributed by atoms with Crippen molar-refractivity contribution in [2.45, 2.75) is 26.2 Å². The van der Waals surface area contributed by atoms with Gasteiger partial charge < -0.3 is 21.3 Å². The smallest absolute Gasteiger partial charge is 0.257 e. The molecule has 0 aliphatic carbocycles. The molecule has 12 heteroatoms. The van der Waals surface area contributed by atoms with Gasteiger partial charge in [-0.2, -0.15) is 0 Å². The van der Waals surface area contributed by atoms with Crippen molar-refractivity contribution < 1.29 is 19.2 Å². The van der Waals surface area contributed by atoms with Crippen LogP contribution >= 0.6 is 24.4 Å². The van der Waals surface area contributed by atoms with Crippen LogP contribution in [-0.2, 0) is 26.2 Å². The van der Waals surface area contributed by atoms with E-state index in [0.717, 1.165) is 22.3 Å². The van der Waals surface area contributed by atoms with Crippen molar-refractivity contribution in [3.05, 3.63) is 214 Å². The average Bonchev–Trinajstić information content (AvgIpc) is 3.25. The van der Waals surface area contributed by atoms with Crippen LogP contribution in [0.1, 0.15) is 63.7 Å². The van der Waals surface area contributed by atoms with Crippen LogP contribution in [0.4, 0.5) is 0 Å². The normalized spacial score (nSPS) is 10.2. The summed E-state index contributed by atoms with van der Waals surface area (Å²) in [5.41, 5.74) is 16.1. The van der Waals surface area contributed by atoms with Crippen LogP contribution in [0, 0.1) is 0 Å². The zero-order valence-electron chi connectivity index (χ0n) is 31.5. The number of nitrogens with one attached hydrogen (secondary N) is 2. The predicted octanol–water partition coefficient (Wildman–Crippen LogP) is 7.01. The van der Waals surface area contributed by atoms with Crippen molar-refractivity contribution in [1.82, 2.24) is 20.4 Å². The third-order valence-electron chi connectivity index (χ3n) is 8.70. The molecule has 0 fully saturated rings. The zero-order chi connectivity index (χ0) is 41.3. The van der Waals surface area contributed by atoms with Crippen molar-refractivity contribution in [2.75, 3.05) is 0 Å². The number of thiocarbonyl (C=S) groups is 2. The molecule has 0 radical (unpaired) electrons. The minimum atomic E-state index is -0.586. The van der Waals surface area contributed by atoms with E-state index in [4.69, 9.17) is 35.9 Å². The summed E-state index contributed by atoms with van der Waals surface area (Å²) in [5, 5.41) is 6.16. The van der Waals surface area contributed by atoms with Gasteiger partial charge in [0.25, 0.3) is 11.8 Å². The fourth-order valence-corrected chi connectivity index (χ4v) is 6.18. The van der Waals surface area contributed by atoms with E-state index in [-0.39, 0.29) is 22.9 Å². The van der Waals surface area contributed by atoms with E-state index in [1.54, 1.807) is 36.4 Å². The van der Waals surface area contributed by atoms with Gasteiger partial charge in [-0.25, -0.2) is 0 Å². The number of hydrogen-bond donors (Lipinski definition) is 4. The summed E-state index contributed by atoms with van der Waals surface area (Å²) in [6.07, 6.45) is 0. The van der Waals surface area contributed by atoms with E-state index in [1.165, 1.54) is 12.1 Å². The molecule has 6 aromatic rings. The number of hydrogen-bond acceptors (Lipinski definition) is 6. The molecule has 6 aromatic carbocycles. The first-order valence-corrected chi connectivity index (χ1v) is 19.0. The Morgan fingerprint density at radius 2 is 0.655 bits per heavy atom. The molecule has 6 rings (SSSR count). The van der Waals surface area contributed by atoms with Crippen LogP contribution in [0.15, 0.2) is 170 Å². The largest absolute Gasteiger partial charge is 0.366 e. The second-order valence-electron chi connectivity index (χ2n) is 13.1. The molecule has 0 saturated carbocycles. The van der Waals surface area contributed by atoms with Gasteiger partial charge in [0.2, 0.25) is 11.8 Å². The van der Waals surface area contributed by atoms with Crippen LogP contribution in [0.2, 0.25) is 0 Å². The molecule has 10 nitrogen and oxygen atoms in total. The highest BCUT2D eigenvalue weighted by Crippen LogP contribution is 2.14. The lowest BCUT2D eigenvalue weighted by Crippen LogP contribution is -2.42. The Bertz CT molecular complexity index is 2100. The van der Waals surface area contributed by atoms with Gasteiger partial charge >= 0.3 is 0 Å². The van der Waals surface area contributed by atoms with E-state index in [0.29, 0.717) is 47.5 Å². The number of amides is 4. The lowest BCUT2D eigenvalue weighted by Gasteiger charge is -2.26. The van der Waals surface area contributed by atoms with Crippen LogP contribution in [0.25, 0.3) is 0 Å². The standard InChI is InChI=1S/2C23H21N3O2S/c2*24-21(27)19-12-7-13-20(14-19)22(28)25-23(29)26(15-17-8-3-1-4-9-17)16-18-10-5-2-6-11-18/h2*1-14H,15-16H2,(H2,24,27)(H,25,28,29). The van der Waals surface area contributed by atoms with Gasteiger partial charge in [-0.1, -0.05) is 133 Å². The highest BCUT2D eigenvalue weighted by molar-refractivity contribution is 7.80. The van der Waals surface area contributed by atoms with Crippen LogP contribution < -0.4 is 22.1 Å². The van der Waals surface area contributed by atoms with Crippen molar-refractivity contribution in [1.29, 1.82) is 0 Å². The van der Waals surface area contributed by atoms with E-state index in [9.17, 15) is 19.2 Å². The number of carbonyl (C=O) groups excluding carboxylic acids is 4. The van der Waals surface area contributed by atoms with Gasteiger partial charge in [0.1, 0.15) is 0 Å². The predicted molar refractivity (Wildman–Crippen MR) is 234 cm³/mol. The van der Waals surface area contributed by atoms with Crippen LogP contribution in [-0.4, -0.2) is 43.7 Å². The molecule has 4 amide bonds. The van der Waals surface area contributed by atoms with Gasteiger partial charge in [0.05, 0.1) is 0 Å². The van der Waals surface area contributed by atoms with Crippen molar-refractivity contribution in [3.63, 3.8) is 0 Å². The third-order valence-corrected chi connectivity index (χ3v) is 9.42. The van der Waals surface area contributed by atoms with E-state index < -0.39 is 11.8 Å². The number of rotatable bonds is 12. The number of nitrogens with two attached hydrogens (primary N) is 2. The lowest BCUT2D eigenvalue weighted by atomic mass is 10.1. The number of carbonyl (C=O) groups is 4. The van der Waals surface area contributed by atoms with Crippen LogP contribution in [0.5, 0.6) is 0 Å². The quantitative estimate of drug-likeness (QED) is 0.0966. The molecule has 0 saturated heterocycles. The monoisotopic (exact) mass is 806 g/mol. The SMILES string of the molecule is NC(=O)c1cccc(C(=O)NC(=S)N(Cc2ccccc2)Cc2ccccc2)c1.NC(=O)c1cccc(C(=O)NC(=S)N(Cc2ccccc2)Cc2ccccc2)c1. The molecule has 0 heterocycles. The minimum Gasteiger partial charge on any atom is -0.366 e. The summed E-state index contributed by atoms with van der Waals surface area (Å²) in [5.74, 6) is -1.94. The number of benzene rings is 6. The molecular formula is C46H42N6O4S2. The van der Waals surface area contributed by atoms with Gasteiger partial charge in [0.15, 0.2) is 10.2 Å². The maximum atomic E-state index is 12.7. The molecule has 0 unspecified atom stereocenters. The van der Waals surface area contributed by atoms with Crippen molar-refractivity contribution in [3.8, 4) is 0 Å². The first-order valence-electron chi connectivity index (χ1n) is 18.2. The van der Waals surface area contributed by atoms with Gasteiger partial charge in [0, 0.05) is 48.4 Å². The first-order chi connectivity index (χ1) is 28.0. The summed E-state index contributed by atoms with van der Waals surface area (Å²) in [4.78, 5) is 51.9. The molecular weight excluding hydrogens is 765 g/mol. The maximum Gasteiger partial charge on any atom is 0.257 e. The molecule has 0 aromatic heterocycles. The Morgan fingerprint density at radius 3 is 0.914 bits per heavy atom. The summed E-state index contributed by atoms with van der Waals surface area (Å²) in [6.45, 7) is 2.21. The summed E-state index contributed by atoms with van der Waals surface area (Å²) in [6, 6.07) is 52.1. The fourth-order valence-electron chi connectivity index (χ4n) is 5.74. The summed E-state index contributed by atoms with van der Waals surface area (Å²) >= 11 is 11.1. The van der Waals surface area contributed by atoms with E-state index in [2.05, 4.69) is 10.6 Å². The lowest BCUT2D eigenvalue weighted by molar-refractivity contribution is 0.0962. The third kappa shape index (κ3) is 13.0. The highest BCUT2D eigenvalue weighted by Gasteiger charge is 2.18. The summed E-state index contributed by atoms with van der Waals surface area (Å²) in [7, 11) is 0. The second kappa shape index (κ2) is 21.3. The molecule has 58 heavy (non-hydrogen) atoms. The Hall–Kier alpha value is -7.02. The Morgan fingerprint density at radius 1 is 0.397 bits per heavy atom. The van der Waals surface area contributed by atoms with E-state index in [1.807, 2.05) is 131 Å². The molecule has 0 spiro atoms. The van der Waals surface area contributed by atoms with Gasteiger partial charge in [-0.15, -0.1) is 0 Å².